The van der Waals surface area contributed by atoms with Gasteiger partial charge in [0.05, 0.1) is 18.3 Å². The summed E-state index contributed by atoms with van der Waals surface area (Å²) in [5, 5.41) is 21.0. The molecule has 140 valence electrons. The van der Waals surface area contributed by atoms with Gasteiger partial charge in [-0.3, -0.25) is 14.2 Å². The number of carboxylic acid groups (broad SMARTS) is 1. The number of carbonyl (C=O) groups excluding carboxylic acids is 1. The monoisotopic (exact) mass is 407 g/mol. The average molecular weight is 408 g/mol. The van der Waals surface area contributed by atoms with Crippen LogP contribution in [0.5, 0.6) is 0 Å². The van der Waals surface area contributed by atoms with Crippen molar-refractivity contribution in [3.8, 4) is 0 Å². The number of hydrogen-bond donors (Lipinski definition) is 2. The number of carbonyl (C=O) groups is 2. The van der Waals surface area contributed by atoms with Gasteiger partial charge in [-0.2, -0.15) is 10.2 Å². The molecule has 0 radical (unpaired) electrons. The molecule has 0 aliphatic rings. The molecule has 2 aromatic heterocycles. The number of nitrogens with one attached hydrogen (secondary N) is 1. The molecule has 0 fully saturated rings. The summed E-state index contributed by atoms with van der Waals surface area (Å²) < 4.78 is 2.80. The fraction of sp³-hybridized carbons (Fsp3) is 0.176. The third kappa shape index (κ3) is 3.96. The van der Waals surface area contributed by atoms with Gasteiger partial charge in [0, 0.05) is 28.9 Å². The summed E-state index contributed by atoms with van der Waals surface area (Å²) in [6.45, 7) is 2.23. The molecule has 0 aliphatic heterocycles. The number of hydrogen-bond acceptors (Lipinski definition) is 4. The van der Waals surface area contributed by atoms with Crippen LogP contribution in [0.1, 0.15) is 32.1 Å². The Hall–Kier alpha value is -2.84. The molecule has 10 heteroatoms. The maximum absolute atomic E-state index is 12.4. The van der Waals surface area contributed by atoms with E-state index >= 15 is 0 Å². The third-order valence-electron chi connectivity index (χ3n) is 3.94. The molecule has 1 amide bonds. The van der Waals surface area contributed by atoms with E-state index in [1.165, 1.54) is 13.2 Å². The normalized spacial score (nSPS) is 10.8. The molecule has 0 saturated heterocycles. The fourth-order valence-electron chi connectivity index (χ4n) is 2.58. The first-order chi connectivity index (χ1) is 12.8. The summed E-state index contributed by atoms with van der Waals surface area (Å²) in [5.41, 5.74) is 1.38. The Labute approximate surface area is 164 Å². The van der Waals surface area contributed by atoms with Crippen molar-refractivity contribution < 1.29 is 14.7 Å². The van der Waals surface area contributed by atoms with Crippen LogP contribution in [0, 0.1) is 6.92 Å². The van der Waals surface area contributed by atoms with Crippen molar-refractivity contribution in [2.45, 2.75) is 13.5 Å². The first-order valence-electron chi connectivity index (χ1n) is 7.81. The van der Waals surface area contributed by atoms with E-state index in [4.69, 9.17) is 23.2 Å². The second kappa shape index (κ2) is 7.42. The van der Waals surface area contributed by atoms with Crippen LogP contribution >= 0.6 is 23.2 Å². The number of aromatic nitrogens is 4. The lowest BCUT2D eigenvalue weighted by atomic mass is 10.2. The zero-order valence-corrected chi connectivity index (χ0v) is 15.9. The quantitative estimate of drug-likeness (QED) is 0.675. The van der Waals surface area contributed by atoms with Gasteiger partial charge in [-0.05, 0) is 24.6 Å². The molecule has 0 atom stereocenters. The molecule has 0 bridgehead atoms. The number of carboxylic acids is 1. The van der Waals surface area contributed by atoms with Gasteiger partial charge in [-0.25, -0.2) is 4.79 Å². The summed E-state index contributed by atoms with van der Waals surface area (Å²) >= 11 is 12.1. The number of anilines is 1. The Balaban J connectivity index is 1.80. The lowest BCUT2D eigenvalue weighted by molar-refractivity contribution is 0.0680. The molecule has 0 spiro atoms. The molecular weight excluding hydrogens is 393 g/mol. The van der Waals surface area contributed by atoms with Crippen LogP contribution in [-0.4, -0.2) is 36.5 Å². The molecule has 27 heavy (non-hydrogen) atoms. The first kappa shape index (κ1) is 18.9. The average Bonchev–Trinajstić information content (AvgIpc) is 3.13. The van der Waals surface area contributed by atoms with Gasteiger partial charge in [0.15, 0.2) is 11.5 Å². The molecular formula is C17H15Cl2N5O3. The minimum absolute atomic E-state index is 0.0436. The Morgan fingerprint density at radius 1 is 1.26 bits per heavy atom. The lowest BCUT2D eigenvalue weighted by Gasteiger charge is -2.07. The van der Waals surface area contributed by atoms with Gasteiger partial charge in [0.1, 0.15) is 0 Å². The van der Waals surface area contributed by atoms with Crippen LogP contribution in [-0.2, 0) is 13.6 Å². The highest BCUT2D eigenvalue weighted by molar-refractivity contribution is 6.35. The van der Waals surface area contributed by atoms with Crippen molar-refractivity contribution >= 4 is 40.9 Å². The topological polar surface area (TPSA) is 102 Å². The van der Waals surface area contributed by atoms with Gasteiger partial charge in [-0.1, -0.05) is 29.3 Å². The van der Waals surface area contributed by atoms with Crippen molar-refractivity contribution in [2.75, 3.05) is 5.32 Å². The fourth-order valence-corrected chi connectivity index (χ4v) is 3.05. The van der Waals surface area contributed by atoms with Crippen LogP contribution in [0.4, 0.5) is 5.82 Å². The van der Waals surface area contributed by atoms with E-state index in [0.29, 0.717) is 22.4 Å². The molecule has 0 aliphatic carbocycles. The number of halogens is 2. The number of aromatic carboxylic acids is 1. The van der Waals surface area contributed by atoms with E-state index in [0.717, 1.165) is 15.9 Å². The van der Waals surface area contributed by atoms with E-state index in [-0.39, 0.29) is 11.3 Å². The van der Waals surface area contributed by atoms with Crippen LogP contribution in [0.25, 0.3) is 0 Å². The largest absolute Gasteiger partial charge is 0.477 e. The number of amides is 1. The van der Waals surface area contributed by atoms with Crippen molar-refractivity contribution in [3.05, 3.63) is 63.0 Å². The third-order valence-corrected chi connectivity index (χ3v) is 4.53. The lowest BCUT2D eigenvalue weighted by Crippen LogP contribution is -2.17. The van der Waals surface area contributed by atoms with Crippen LogP contribution < -0.4 is 5.32 Å². The smallest absolute Gasteiger partial charge is 0.354 e. The minimum Gasteiger partial charge on any atom is -0.477 e. The van der Waals surface area contributed by atoms with E-state index < -0.39 is 11.9 Å². The highest BCUT2D eigenvalue weighted by Crippen LogP contribution is 2.23. The van der Waals surface area contributed by atoms with Crippen LogP contribution in [0.15, 0.2) is 30.5 Å². The van der Waals surface area contributed by atoms with E-state index in [1.54, 1.807) is 28.9 Å². The maximum Gasteiger partial charge on any atom is 0.354 e. The number of nitrogens with zero attached hydrogens (tertiary/aromatic N) is 4. The molecule has 2 heterocycles. The first-order valence-corrected chi connectivity index (χ1v) is 8.57. The summed E-state index contributed by atoms with van der Waals surface area (Å²) in [7, 11) is 1.45. The molecule has 2 N–H and O–H groups in total. The number of aryl methyl sites for hydroxylation is 2. The SMILES string of the molecule is Cc1cc(NC(=O)c2cnn(C)c2C(=O)O)nn1Cc1ccc(Cl)cc1Cl. The zero-order chi connectivity index (χ0) is 19.7. The van der Waals surface area contributed by atoms with E-state index in [2.05, 4.69) is 15.5 Å². The molecule has 1 aromatic carbocycles. The predicted molar refractivity (Wildman–Crippen MR) is 101 cm³/mol. The predicted octanol–water partition coefficient (Wildman–Crippen LogP) is 3.23. The number of benzene rings is 1. The Morgan fingerprint density at radius 2 is 2.00 bits per heavy atom. The molecule has 0 saturated carbocycles. The molecule has 3 aromatic rings. The van der Waals surface area contributed by atoms with Crippen molar-refractivity contribution in [1.82, 2.24) is 19.6 Å². The van der Waals surface area contributed by atoms with E-state index in [1.807, 2.05) is 6.92 Å². The van der Waals surface area contributed by atoms with Crippen LogP contribution in [0.3, 0.4) is 0 Å². The van der Waals surface area contributed by atoms with Gasteiger partial charge in [-0.15, -0.1) is 0 Å². The zero-order valence-electron chi connectivity index (χ0n) is 14.4. The highest BCUT2D eigenvalue weighted by atomic mass is 35.5. The highest BCUT2D eigenvalue weighted by Gasteiger charge is 2.22. The second-order valence-corrected chi connectivity index (χ2v) is 6.70. The summed E-state index contributed by atoms with van der Waals surface area (Å²) in [6.07, 6.45) is 1.20. The number of rotatable bonds is 5. The Bertz CT molecular complexity index is 1040. The van der Waals surface area contributed by atoms with E-state index in [9.17, 15) is 14.7 Å². The van der Waals surface area contributed by atoms with Crippen molar-refractivity contribution in [3.63, 3.8) is 0 Å². The van der Waals surface area contributed by atoms with Crippen LogP contribution in [0.2, 0.25) is 10.0 Å². The Kier molecular flexibility index (Phi) is 5.20. The van der Waals surface area contributed by atoms with Gasteiger partial charge in [0.2, 0.25) is 0 Å². The maximum atomic E-state index is 12.4. The summed E-state index contributed by atoms with van der Waals surface area (Å²) in [4.78, 5) is 23.7. The van der Waals surface area contributed by atoms with Gasteiger partial charge >= 0.3 is 5.97 Å². The standard InChI is InChI=1S/C17H15Cl2N5O3/c1-9-5-14(21-16(25)12-7-20-23(2)15(12)17(26)27)22-24(9)8-10-3-4-11(18)6-13(10)19/h3-7H,8H2,1-2H3,(H,26,27)(H,21,22,25). The molecule has 8 nitrogen and oxygen atoms in total. The molecule has 0 unspecified atom stereocenters. The van der Waals surface area contributed by atoms with Gasteiger partial charge in [0.25, 0.3) is 5.91 Å². The molecule has 3 rings (SSSR count). The second-order valence-electron chi connectivity index (χ2n) is 5.85. The summed E-state index contributed by atoms with van der Waals surface area (Å²) in [6, 6.07) is 6.87. The van der Waals surface area contributed by atoms with Gasteiger partial charge < -0.3 is 10.4 Å². The Morgan fingerprint density at radius 3 is 2.67 bits per heavy atom. The van der Waals surface area contributed by atoms with Crippen molar-refractivity contribution in [1.29, 1.82) is 0 Å². The van der Waals surface area contributed by atoms with Crippen molar-refractivity contribution in [2.24, 2.45) is 7.05 Å². The minimum atomic E-state index is -1.24. The summed E-state index contributed by atoms with van der Waals surface area (Å²) in [5.74, 6) is -1.54.